The molecular formula is C18H25NO3. The number of nitrogens with one attached hydrogen (secondary N) is 1. The second-order valence-corrected chi connectivity index (χ2v) is 6.99. The van der Waals surface area contributed by atoms with Crippen molar-refractivity contribution in [2.75, 3.05) is 12.1 Å². The highest BCUT2D eigenvalue weighted by Crippen LogP contribution is 2.39. The van der Waals surface area contributed by atoms with E-state index in [1.165, 1.54) is 6.42 Å². The lowest BCUT2D eigenvalue weighted by Gasteiger charge is -2.36. The van der Waals surface area contributed by atoms with Crippen molar-refractivity contribution in [1.29, 1.82) is 0 Å². The Hall–Kier alpha value is -1.71. The average molecular weight is 303 g/mol. The van der Waals surface area contributed by atoms with E-state index in [9.17, 15) is 4.79 Å². The Morgan fingerprint density at radius 1 is 1.23 bits per heavy atom. The number of fused-ring (bicyclic) bond motifs is 1. The van der Waals surface area contributed by atoms with Crippen molar-refractivity contribution in [3.05, 3.63) is 18.2 Å². The van der Waals surface area contributed by atoms with Gasteiger partial charge in [0.2, 0.25) is 12.7 Å². The van der Waals surface area contributed by atoms with Gasteiger partial charge in [-0.3, -0.25) is 4.79 Å². The Morgan fingerprint density at radius 3 is 2.77 bits per heavy atom. The minimum atomic E-state index is 0.106. The number of hydrogen-bond donors (Lipinski definition) is 1. The fourth-order valence-corrected chi connectivity index (χ4v) is 3.71. The van der Waals surface area contributed by atoms with Gasteiger partial charge in [0, 0.05) is 17.7 Å². The number of carbonyl (C=O) groups is 1. The molecule has 1 aromatic carbocycles. The maximum Gasteiger partial charge on any atom is 0.231 e. The van der Waals surface area contributed by atoms with E-state index in [0.717, 1.165) is 24.3 Å². The molecule has 0 unspecified atom stereocenters. The van der Waals surface area contributed by atoms with E-state index in [1.807, 2.05) is 18.2 Å². The predicted octanol–water partition coefficient (Wildman–Crippen LogP) is 4.06. The minimum absolute atomic E-state index is 0.106. The van der Waals surface area contributed by atoms with Gasteiger partial charge in [-0.05, 0) is 42.7 Å². The first-order valence-corrected chi connectivity index (χ1v) is 8.25. The molecule has 4 nitrogen and oxygen atoms in total. The molecule has 22 heavy (non-hydrogen) atoms. The number of carbonyl (C=O) groups excluding carboxylic acids is 1. The van der Waals surface area contributed by atoms with Crippen LogP contribution in [0, 0.1) is 23.7 Å². The van der Waals surface area contributed by atoms with Crippen LogP contribution in [0.2, 0.25) is 0 Å². The predicted molar refractivity (Wildman–Crippen MR) is 86.0 cm³/mol. The van der Waals surface area contributed by atoms with Crippen LogP contribution in [-0.4, -0.2) is 12.7 Å². The highest BCUT2D eigenvalue weighted by molar-refractivity contribution is 5.93. The van der Waals surface area contributed by atoms with Crippen molar-refractivity contribution in [1.82, 2.24) is 0 Å². The van der Waals surface area contributed by atoms with E-state index in [2.05, 4.69) is 26.1 Å². The molecule has 1 fully saturated rings. The molecule has 0 bridgehead atoms. The lowest BCUT2D eigenvalue weighted by atomic mass is 9.70. The van der Waals surface area contributed by atoms with Crippen LogP contribution in [0.3, 0.4) is 0 Å². The van der Waals surface area contributed by atoms with Crippen molar-refractivity contribution in [2.45, 2.75) is 40.0 Å². The van der Waals surface area contributed by atoms with Crippen molar-refractivity contribution in [2.24, 2.45) is 23.7 Å². The zero-order chi connectivity index (χ0) is 15.7. The van der Waals surface area contributed by atoms with E-state index in [1.54, 1.807) is 0 Å². The molecule has 3 rings (SSSR count). The van der Waals surface area contributed by atoms with Crippen LogP contribution in [0.1, 0.15) is 40.0 Å². The van der Waals surface area contributed by atoms with Crippen LogP contribution in [0.5, 0.6) is 11.5 Å². The third kappa shape index (κ3) is 3.06. The SMILES string of the molecule is CC(C)[C@@H]1CC[C@@H](C)C[C@H]1C(=O)Nc1ccc2c(c1)OCO2. The van der Waals surface area contributed by atoms with Crippen molar-refractivity contribution < 1.29 is 14.3 Å². The first-order chi connectivity index (χ1) is 10.5. The molecule has 1 saturated carbocycles. The molecule has 1 amide bonds. The molecule has 1 aromatic rings. The molecule has 120 valence electrons. The monoisotopic (exact) mass is 303 g/mol. The number of benzene rings is 1. The van der Waals surface area contributed by atoms with Crippen LogP contribution < -0.4 is 14.8 Å². The molecule has 0 saturated heterocycles. The summed E-state index contributed by atoms with van der Waals surface area (Å²) in [5.74, 6) is 3.34. The van der Waals surface area contributed by atoms with Crippen LogP contribution >= 0.6 is 0 Å². The summed E-state index contributed by atoms with van der Waals surface area (Å²) in [6, 6.07) is 5.57. The molecular weight excluding hydrogens is 278 g/mol. The summed E-state index contributed by atoms with van der Waals surface area (Å²) in [7, 11) is 0. The molecule has 3 atom stereocenters. The summed E-state index contributed by atoms with van der Waals surface area (Å²) >= 11 is 0. The number of rotatable bonds is 3. The van der Waals surface area contributed by atoms with E-state index < -0.39 is 0 Å². The van der Waals surface area contributed by atoms with E-state index >= 15 is 0 Å². The third-order valence-corrected chi connectivity index (χ3v) is 5.00. The fourth-order valence-electron chi connectivity index (χ4n) is 3.71. The molecule has 0 spiro atoms. The Labute approximate surface area is 132 Å². The maximum absolute atomic E-state index is 12.7. The normalized spacial score (nSPS) is 27.0. The van der Waals surface area contributed by atoms with Gasteiger partial charge in [0.15, 0.2) is 11.5 Å². The Kier molecular flexibility index (Phi) is 4.27. The van der Waals surface area contributed by atoms with Gasteiger partial charge in [-0.25, -0.2) is 0 Å². The van der Waals surface area contributed by atoms with Gasteiger partial charge in [-0.1, -0.05) is 27.2 Å². The maximum atomic E-state index is 12.7. The Morgan fingerprint density at radius 2 is 2.00 bits per heavy atom. The zero-order valence-electron chi connectivity index (χ0n) is 13.6. The molecule has 2 aliphatic rings. The van der Waals surface area contributed by atoms with E-state index in [-0.39, 0.29) is 18.6 Å². The number of hydrogen-bond acceptors (Lipinski definition) is 3. The molecule has 1 aliphatic heterocycles. The van der Waals surface area contributed by atoms with Gasteiger partial charge < -0.3 is 14.8 Å². The molecule has 0 radical (unpaired) electrons. The van der Waals surface area contributed by atoms with Crippen molar-refractivity contribution in [3.8, 4) is 11.5 Å². The summed E-state index contributed by atoms with van der Waals surface area (Å²) < 4.78 is 10.7. The van der Waals surface area contributed by atoms with Crippen molar-refractivity contribution in [3.63, 3.8) is 0 Å². The largest absolute Gasteiger partial charge is 0.454 e. The summed E-state index contributed by atoms with van der Waals surface area (Å²) in [5.41, 5.74) is 0.787. The van der Waals surface area contributed by atoms with Gasteiger partial charge >= 0.3 is 0 Å². The van der Waals surface area contributed by atoms with Crippen LogP contribution in [0.4, 0.5) is 5.69 Å². The summed E-state index contributed by atoms with van der Waals surface area (Å²) in [6.07, 6.45) is 3.37. The molecule has 1 aliphatic carbocycles. The number of anilines is 1. The average Bonchev–Trinajstić information content (AvgIpc) is 2.94. The molecule has 0 aromatic heterocycles. The molecule has 1 N–H and O–H groups in total. The highest BCUT2D eigenvalue weighted by atomic mass is 16.7. The number of ether oxygens (including phenoxy) is 2. The van der Waals surface area contributed by atoms with Crippen molar-refractivity contribution >= 4 is 11.6 Å². The zero-order valence-corrected chi connectivity index (χ0v) is 13.6. The second-order valence-electron chi connectivity index (χ2n) is 6.99. The smallest absolute Gasteiger partial charge is 0.231 e. The lowest BCUT2D eigenvalue weighted by molar-refractivity contribution is -0.123. The summed E-state index contributed by atoms with van der Waals surface area (Å²) in [5, 5.41) is 3.07. The standard InChI is InChI=1S/C18H25NO3/c1-11(2)14-6-4-12(3)8-15(14)18(20)19-13-5-7-16-17(9-13)22-10-21-16/h5,7,9,11-12,14-15H,4,6,8,10H2,1-3H3,(H,19,20)/t12-,14+,15-/m1/s1. The summed E-state index contributed by atoms with van der Waals surface area (Å²) in [6.45, 7) is 6.95. The quantitative estimate of drug-likeness (QED) is 0.916. The van der Waals surface area contributed by atoms with Gasteiger partial charge in [0.25, 0.3) is 0 Å². The van der Waals surface area contributed by atoms with Gasteiger partial charge in [0.05, 0.1) is 0 Å². The van der Waals surface area contributed by atoms with Gasteiger partial charge in [-0.15, -0.1) is 0 Å². The van der Waals surface area contributed by atoms with Crippen LogP contribution in [0.15, 0.2) is 18.2 Å². The highest BCUT2D eigenvalue weighted by Gasteiger charge is 2.35. The first kappa shape index (κ1) is 15.2. The van der Waals surface area contributed by atoms with Crippen LogP contribution in [0.25, 0.3) is 0 Å². The first-order valence-electron chi connectivity index (χ1n) is 8.25. The van der Waals surface area contributed by atoms with Gasteiger partial charge in [0.1, 0.15) is 0 Å². The topological polar surface area (TPSA) is 47.6 Å². The number of amides is 1. The van der Waals surface area contributed by atoms with E-state index in [4.69, 9.17) is 9.47 Å². The molecule has 4 heteroatoms. The fraction of sp³-hybridized carbons (Fsp3) is 0.611. The Bertz CT molecular complexity index is 555. The minimum Gasteiger partial charge on any atom is -0.454 e. The third-order valence-electron chi connectivity index (χ3n) is 5.00. The summed E-state index contributed by atoms with van der Waals surface area (Å²) in [4.78, 5) is 12.7. The van der Waals surface area contributed by atoms with Crippen LogP contribution in [-0.2, 0) is 4.79 Å². The molecule has 1 heterocycles. The second kappa shape index (κ2) is 6.19. The van der Waals surface area contributed by atoms with Gasteiger partial charge in [-0.2, -0.15) is 0 Å². The Balaban J connectivity index is 1.72. The van der Waals surface area contributed by atoms with E-state index in [0.29, 0.717) is 23.5 Å². The lowest BCUT2D eigenvalue weighted by Crippen LogP contribution is -2.36.